The molecule has 0 atom stereocenters. The molecule has 0 bridgehead atoms. The minimum Gasteiger partial charge on any atom is -0.497 e. The normalized spacial score (nSPS) is 10.7. The van der Waals surface area contributed by atoms with Gasteiger partial charge >= 0.3 is 11.8 Å². The van der Waals surface area contributed by atoms with Gasteiger partial charge in [-0.3, -0.25) is 9.59 Å². The molecule has 0 saturated carbocycles. The number of aromatic nitrogens is 1. The molecule has 162 valence electrons. The largest absolute Gasteiger partial charge is 0.497 e. The first-order valence-corrected chi connectivity index (χ1v) is 11.0. The Bertz CT molecular complexity index is 1250. The summed E-state index contributed by atoms with van der Waals surface area (Å²) in [7, 11) is 1.61. The third-order valence-corrected chi connectivity index (χ3v) is 6.07. The Hall–Kier alpha value is -3.71. The van der Waals surface area contributed by atoms with E-state index in [1.165, 1.54) is 5.56 Å². The van der Waals surface area contributed by atoms with Crippen LogP contribution in [0.3, 0.4) is 0 Å². The molecule has 0 fully saturated rings. The van der Waals surface area contributed by atoms with Crippen molar-refractivity contribution in [3.05, 3.63) is 77.9 Å². The Kier molecular flexibility index (Phi) is 6.47. The number of benzene rings is 3. The number of anilines is 1. The lowest BCUT2D eigenvalue weighted by Gasteiger charge is -2.07. The Labute approximate surface area is 190 Å². The van der Waals surface area contributed by atoms with Crippen LogP contribution in [0.2, 0.25) is 0 Å². The summed E-state index contributed by atoms with van der Waals surface area (Å²) in [4.78, 5) is 29.0. The number of rotatable bonds is 6. The van der Waals surface area contributed by atoms with E-state index in [1.54, 1.807) is 30.6 Å². The Morgan fingerprint density at radius 1 is 0.969 bits per heavy atom. The van der Waals surface area contributed by atoms with Crippen LogP contribution < -0.4 is 15.4 Å². The second-order valence-corrected chi connectivity index (χ2v) is 8.41. The first-order valence-electron chi connectivity index (χ1n) is 10.2. The predicted molar refractivity (Wildman–Crippen MR) is 128 cm³/mol. The van der Waals surface area contributed by atoms with Crippen LogP contribution in [0.25, 0.3) is 20.8 Å². The molecule has 2 N–H and O–H groups in total. The van der Waals surface area contributed by atoms with Crippen molar-refractivity contribution in [2.45, 2.75) is 13.3 Å². The van der Waals surface area contributed by atoms with Crippen molar-refractivity contribution in [1.82, 2.24) is 10.3 Å². The molecule has 1 aromatic heterocycles. The van der Waals surface area contributed by atoms with E-state index >= 15 is 0 Å². The lowest BCUT2D eigenvalue weighted by Crippen LogP contribution is -2.36. The summed E-state index contributed by atoms with van der Waals surface area (Å²) < 4.78 is 6.27. The number of methoxy groups -OCH3 is 1. The molecule has 6 nitrogen and oxygen atoms in total. The molecule has 4 rings (SSSR count). The number of ether oxygens (including phenoxy) is 1. The van der Waals surface area contributed by atoms with Gasteiger partial charge in [0.05, 0.1) is 17.3 Å². The van der Waals surface area contributed by atoms with Crippen molar-refractivity contribution in [2.24, 2.45) is 0 Å². The quantitative estimate of drug-likeness (QED) is 0.426. The molecule has 0 saturated heterocycles. The van der Waals surface area contributed by atoms with Gasteiger partial charge in [0.1, 0.15) is 10.8 Å². The summed E-state index contributed by atoms with van der Waals surface area (Å²) in [5.41, 5.74) is 4.74. The average Bonchev–Trinajstić information content (AvgIpc) is 3.23. The number of aryl methyl sites for hydroxylation is 1. The van der Waals surface area contributed by atoms with Crippen molar-refractivity contribution in [3.8, 4) is 16.3 Å². The molecule has 3 aromatic carbocycles. The fourth-order valence-electron chi connectivity index (χ4n) is 3.23. The zero-order valence-electron chi connectivity index (χ0n) is 17.8. The van der Waals surface area contributed by atoms with E-state index in [4.69, 9.17) is 4.74 Å². The minimum absolute atomic E-state index is 0.370. The number of hydrogen-bond donors (Lipinski definition) is 2. The van der Waals surface area contributed by atoms with Crippen molar-refractivity contribution < 1.29 is 14.3 Å². The van der Waals surface area contributed by atoms with E-state index in [1.807, 2.05) is 48.5 Å². The van der Waals surface area contributed by atoms with Crippen molar-refractivity contribution in [2.75, 3.05) is 19.0 Å². The molecular formula is C25H23N3O3S. The summed E-state index contributed by atoms with van der Waals surface area (Å²) in [6, 6.07) is 21.1. The molecule has 0 radical (unpaired) electrons. The molecule has 0 unspecified atom stereocenters. The van der Waals surface area contributed by atoms with E-state index in [2.05, 4.69) is 28.6 Å². The maximum absolute atomic E-state index is 12.2. The number of carbonyl (C=O) groups is 2. The number of hydrogen-bond acceptors (Lipinski definition) is 5. The van der Waals surface area contributed by atoms with E-state index in [-0.39, 0.29) is 0 Å². The van der Waals surface area contributed by atoms with Gasteiger partial charge < -0.3 is 15.4 Å². The number of nitrogens with one attached hydrogen (secondary N) is 2. The molecule has 7 heteroatoms. The van der Waals surface area contributed by atoms with Gasteiger partial charge in [0.25, 0.3) is 0 Å². The summed E-state index contributed by atoms with van der Waals surface area (Å²) in [5.74, 6) is -0.575. The number of nitrogens with zero attached hydrogens (tertiary/aromatic N) is 1. The lowest BCUT2D eigenvalue weighted by molar-refractivity contribution is -0.136. The summed E-state index contributed by atoms with van der Waals surface area (Å²) in [6.45, 7) is 2.43. The summed E-state index contributed by atoms with van der Waals surface area (Å²) >= 11 is 1.63. The lowest BCUT2D eigenvalue weighted by atomic mass is 10.1. The van der Waals surface area contributed by atoms with Crippen LogP contribution >= 0.6 is 11.3 Å². The van der Waals surface area contributed by atoms with Crippen molar-refractivity contribution in [3.63, 3.8) is 0 Å². The molecule has 1 heterocycles. The standard InChI is InChI=1S/C25H23N3O3S/c1-16-3-12-21-22(15-16)32-25(28-21)18-6-8-19(9-7-18)27-24(30)23(29)26-14-13-17-4-10-20(31-2)11-5-17/h3-12,15H,13-14H2,1-2H3,(H,26,29)(H,27,30). The fraction of sp³-hybridized carbons (Fsp3) is 0.160. The van der Waals surface area contributed by atoms with Crippen LogP contribution in [0.15, 0.2) is 66.7 Å². The van der Waals surface area contributed by atoms with Crippen LogP contribution in [-0.2, 0) is 16.0 Å². The Balaban J connectivity index is 1.30. The molecule has 0 spiro atoms. The molecule has 32 heavy (non-hydrogen) atoms. The van der Waals surface area contributed by atoms with Gasteiger partial charge in [-0.05, 0) is 73.0 Å². The summed E-state index contributed by atoms with van der Waals surface area (Å²) in [5, 5.41) is 6.20. The Morgan fingerprint density at radius 3 is 2.44 bits per heavy atom. The first-order chi connectivity index (χ1) is 15.5. The third-order valence-electron chi connectivity index (χ3n) is 5.00. The van der Waals surface area contributed by atoms with Crippen molar-refractivity contribution in [1.29, 1.82) is 0 Å². The second kappa shape index (κ2) is 9.62. The smallest absolute Gasteiger partial charge is 0.313 e. The number of carbonyl (C=O) groups excluding carboxylic acids is 2. The third kappa shape index (κ3) is 5.12. The highest BCUT2D eigenvalue weighted by molar-refractivity contribution is 7.21. The zero-order chi connectivity index (χ0) is 22.5. The minimum atomic E-state index is -0.692. The maximum atomic E-state index is 12.2. The van der Waals surface area contributed by atoms with Crippen molar-refractivity contribution >= 4 is 39.1 Å². The first kappa shape index (κ1) is 21.5. The highest BCUT2D eigenvalue weighted by Gasteiger charge is 2.13. The topological polar surface area (TPSA) is 80.3 Å². The fourth-order valence-corrected chi connectivity index (χ4v) is 4.30. The van der Waals surface area contributed by atoms with Crippen LogP contribution in [0, 0.1) is 6.92 Å². The van der Waals surface area contributed by atoms with E-state index in [0.717, 1.165) is 32.1 Å². The predicted octanol–water partition coefficient (Wildman–Crippen LogP) is 4.58. The van der Waals surface area contributed by atoms with Crippen LogP contribution in [0.4, 0.5) is 5.69 Å². The zero-order valence-corrected chi connectivity index (χ0v) is 18.7. The average molecular weight is 446 g/mol. The van der Waals surface area contributed by atoms with Gasteiger partial charge in [-0.15, -0.1) is 11.3 Å². The Morgan fingerprint density at radius 2 is 1.72 bits per heavy atom. The SMILES string of the molecule is COc1ccc(CCNC(=O)C(=O)Nc2ccc(-c3nc4ccc(C)cc4s3)cc2)cc1. The molecule has 2 amide bonds. The number of thiazole rings is 1. The van der Waals surface area contributed by atoms with Gasteiger partial charge in [-0.25, -0.2) is 4.98 Å². The van der Waals surface area contributed by atoms with Crippen LogP contribution in [0.1, 0.15) is 11.1 Å². The molecule has 0 aliphatic carbocycles. The molecule has 4 aromatic rings. The molecule has 0 aliphatic rings. The molecular weight excluding hydrogens is 422 g/mol. The highest BCUT2D eigenvalue weighted by Crippen LogP contribution is 2.31. The number of amides is 2. The van der Waals surface area contributed by atoms with E-state index in [0.29, 0.717) is 18.7 Å². The maximum Gasteiger partial charge on any atom is 0.313 e. The van der Waals surface area contributed by atoms with Crippen LogP contribution in [-0.4, -0.2) is 30.5 Å². The van der Waals surface area contributed by atoms with E-state index < -0.39 is 11.8 Å². The van der Waals surface area contributed by atoms with E-state index in [9.17, 15) is 9.59 Å². The number of fused-ring (bicyclic) bond motifs is 1. The van der Waals surface area contributed by atoms with Gasteiger partial charge in [0, 0.05) is 17.8 Å². The highest BCUT2D eigenvalue weighted by atomic mass is 32.1. The second-order valence-electron chi connectivity index (χ2n) is 7.38. The summed E-state index contributed by atoms with van der Waals surface area (Å²) in [6.07, 6.45) is 0.624. The molecule has 0 aliphatic heterocycles. The van der Waals surface area contributed by atoms with Crippen LogP contribution in [0.5, 0.6) is 5.75 Å². The van der Waals surface area contributed by atoms with Gasteiger partial charge in [0.15, 0.2) is 0 Å². The van der Waals surface area contributed by atoms with Gasteiger partial charge in [0.2, 0.25) is 0 Å². The van der Waals surface area contributed by atoms with Gasteiger partial charge in [-0.1, -0.05) is 18.2 Å². The monoisotopic (exact) mass is 445 g/mol. The van der Waals surface area contributed by atoms with Gasteiger partial charge in [-0.2, -0.15) is 0 Å².